The van der Waals surface area contributed by atoms with Gasteiger partial charge in [0.05, 0.1) is 18.8 Å². The molecule has 2 atom stereocenters. The van der Waals surface area contributed by atoms with Crippen molar-refractivity contribution in [3.05, 3.63) is 117 Å². The molecular formula is C30H25BrN2O4. The fourth-order valence-electron chi connectivity index (χ4n) is 5.39. The summed E-state index contributed by atoms with van der Waals surface area (Å²) in [5.41, 5.74) is 3.94. The van der Waals surface area contributed by atoms with Crippen LogP contribution in [0.25, 0.3) is 6.08 Å². The number of nitrogens with zero attached hydrogens (tertiary/aromatic N) is 2. The van der Waals surface area contributed by atoms with Crippen molar-refractivity contribution in [3.8, 4) is 0 Å². The van der Waals surface area contributed by atoms with Gasteiger partial charge >= 0.3 is 5.97 Å². The van der Waals surface area contributed by atoms with Crippen LogP contribution in [-0.4, -0.2) is 23.4 Å². The lowest BCUT2D eigenvalue weighted by Crippen LogP contribution is -2.50. The van der Waals surface area contributed by atoms with Crippen molar-refractivity contribution in [2.45, 2.75) is 31.7 Å². The highest BCUT2D eigenvalue weighted by Crippen LogP contribution is 2.55. The summed E-state index contributed by atoms with van der Waals surface area (Å²) < 4.78 is 13.0. The Bertz CT molecular complexity index is 1450. The quantitative estimate of drug-likeness (QED) is 0.289. The molecular weight excluding hydrogens is 532 g/mol. The second-order valence-electron chi connectivity index (χ2n) is 9.25. The smallest absolute Gasteiger partial charge is 0.332 e. The van der Waals surface area contributed by atoms with Gasteiger partial charge in [0.2, 0.25) is 0 Å². The molecule has 1 fully saturated rings. The second kappa shape index (κ2) is 9.32. The molecule has 37 heavy (non-hydrogen) atoms. The summed E-state index contributed by atoms with van der Waals surface area (Å²) in [6.07, 6.45) is 5.02. The molecule has 1 spiro atoms. The molecule has 6 nitrogen and oxygen atoms in total. The van der Waals surface area contributed by atoms with Crippen LogP contribution in [0.4, 0.5) is 5.69 Å². The van der Waals surface area contributed by atoms with Gasteiger partial charge in [-0.25, -0.2) is 4.79 Å². The maximum Gasteiger partial charge on any atom is 0.332 e. The standard InChI is InChI=1S/C30H25BrN2O4/c1-2-36-27(34)17-23-18-30(37-28-24-11-7-6-10-21(24)14-15-32(23)28)25-13-12-22(31)16-26(25)33(29(30)35)19-20-8-4-3-5-9-20/h3-17,28H,2,18-19H2,1H3/b23-17-/t28-,30-/m0/s1. The number of carbonyl (C=O) groups is 2. The maximum atomic E-state index is 14.4. The average Bonchev–Trinajstić information content (AvgIpc) is 3.11. The summed E-state index contributed by atoms with van der Waals surface area (Å²) in [6, 6.07) is 23.7. The van der Waals surface area contributed by atoms with Crippen molar-refractivity contribution >= 4 is 39.6 Å². The first-order chi connectivity index (χ1) is 18.0. The largest absolute Gasteiger partial charge is 0.463 e. The van der Waals surface area contributed by atoms with Gasteiger partial charge in [-0.05, 0) is 36.3 Å². The van der Waals surface area contributed by atoms with Crippen molar-refractivity contribution in [2.75, 3.05) is 11.5 Å². The monoisotopic (exact) mass is 556 g/mol. The minimum absolute atomic E-state index is 0.147. The highest BCUT2D eigenvalue weighted by Gasteiger charge is 2.57. The van der Waals surface area contributed by atoms with Gasteiger partial charge < -0.3 is 19.3 Å². The summed E-state index contributed by atoms with van der Waals surface area (Å²) in [6.45, 7) is 2.46. The summed E-state index contributed by atoms with van der Waals surface area (Å²) in [5, 5.41) is 0. The third-order valence-corrected chi connectivity index (χ3v) is 7.53. The molecule has 3 aliphatic rings. The number of hydrogen-bond donors (Lipinski definition) is 0. The molecule has 7 heteroatoms. The molecule has 0 unspecified atom stereocenters. The molecule has 3 aliphatic heterocycles. The fraction of sp³-hybridized carbons (Fsp3) is 0.200. The summed E-state index contributed by atoms with van der Waals surface area (Å²) in [5.74, 6) is -0.589. The lowest BCUT2D eigenvalue weighted by atomic mass is 9.86. The third kappa shape index (κ3) is 3.99. The molecule has 186 valence electrons. The Morgan fingerprint density at radius 3 is 2.73 bits per heavy atom. The van der Waals surface area contributed by atoms with Crippen LogP contribution < -0.4 is 4.90 Å². The number of carbonyl (C=O) groups excluding carboxylic acids is 2. The highest BCUT2D eigenvalue weighted by atomic mass is 79.9. The van der Waals surface area contributed by atoms with E-state index >= 15 is 0 Å². The fourth-order valence-corrected chi connectivity index (χ4v) is 5.74. The summed E-state index contributed by atoms with van der Waals surface area (Å²) in [4.78, 5) is 30.7. The first-order valence-corrected chi connectivity index (χ1v) is 13.1. The van der Waals surface area contributed by atoms with E-state index in [4.69, 9.17) is 9.47 Å². The number of benzene rings is 3. The number of fused-ring (bicyclic) bond motifs is 5. The Balaban J connectivity index is 1.50. The van der Waals surface area contributed by atoms with Gasteiger partial charge in [-0.1, -0.05) is 76.6 Å². The SMILES string of the molecule is CCOC(=O)/C=C1/C[C@@]2(O[C@H]3c4ccccc4C=CN13)C(=O)N(Cc1ccccc1)c1cc(Br)ccc12. The number of halogens is 1. The molecule has 3 heterocycles. The zero-order chi connectivity index (χ0) is 25.6. The second-order valence-corrected chi connectivity index (χ2v) is 10.2. The van der Waals surface area contributed by atoms with Crippen LogP contribution in [0.3, 0.4) is 0 Å². The van der Waals surface area contributed by atoms with Gasteiger partial charge in [0.25, 0.3) is 5.91 Å². The Labute approximate surface area is 223 Å². The maximum absolute atomic E-state index is 14.4. The summed E-state index contributed by atoms with van der Waals surface area (Å²) in [7, 11) is 0. The van der Waals surface area contributed by atoms with E-state index in [0.717, 1.165) is 32.4 Å². The highest BCUT2D eigenvalue weighted by molar-refractivity contribution is 9.10. The van der Waals surface area contributed by atoms with Gasteiger partial charge in [0, 0.05) is 40.0 Å². The van der Waals surface area contributed by atoms with E-state index in [1.807, 2.05) is 90.0 Å². The lowest BCUT2D eigenvalue weighted by Gasteiger charge is -2.47. The van der Waals surface area contributed by atoms with Crippen molar-refractivity contribution in [2.24, 2.45) is 0 Å². The van der Waals surface area contributed by atoms with Gasteiger partial charge in [0.15, 0.2) is 11.8 Å². The van der Waals surface area contributed by atoms with Gasteiger partial charge in [-0.2, -0.15) is 0 Å². The van der Waals surface area contributed by atoms with Crippen LogP contribution in [-0.2, 0) is 31.2 Å². The molecule has 0 bridgehead atoms. The number of amides is 1. The molecule has 3 aromatic rings. The van der Waals surface area contributed by atoms with Crippen LogP contribution in [0.5, 0.6) is 0 Å². The molecule has 3 aromatic carbocycles. The van der Waals surface area contributed by atoms with E-state index in [9.17, 15) is 9.59 Å². The molecule has 1 amide bonds. The Morgan fingerprint density at radius 2 is 1.92 bits per heavy atom. The van der Waals surface area contributed by atoms with E-state index in [-0.39, 0.29) is 18.9 Å². The van der Waals surface area contributed by atoms with Crippen LogP contribution in [0.1, 0.15) is 41.8 Å². The molecule has 0 aromatic heterocycles. The number of esters is 1. The van der Waals surface area contributed by atoms with E-state index in [1.54, 1.807) is 11.8 Å². The number of ether oxygens (including phenoxy) is 2. The Kier molecular flexibility index (Phi) is 5.97. The van der Waals surface area contributed by atoms with Crippen molar-refractivity contribution in [1.29, 1.82) is 0 Å². The average molecular weight is 557 g/mol. The number of rotatable bonds is 4. The molecule has 6 rings (SSSR count). The van der Waals surface area contributed by atoms with E-state index in [0.29, 0.717) is 12.2 Å². The molecule has 1 saturated heterocycles. The third-order valence-electron chi connectivity index (χ3n) is 7.03. The van der Waals surface area contributed by atoms with Crippen molar-refractivity contribution < 1.29 is 19.1 Å². The van der Waals surface area contributed by atoms with Gasteiger partial charge in [-0.3, -0.25) is 4.79 Å². The van der Waals surface area contributed by atoms with E-state index < -0.39 is 17.8 Å². The topological polar surface area (TPSA) is 59.1 Å². The van der Waals surface area contributed by atoms with E-state index in [1.165, 1.54) is 6.08 Å². The van der Waals surface area contributed by atoms with Gasteiger partial charge in [0.1, 0.15) is 0 Å². The molecule has 0 aliphatic carbocycles. The van der Waals surface area contributed by atoms with Crippen LogP contribution >= 0.6 is 15.9 Å². The predicted octanol–water partition coefficient (Wildman–Crippen LogP) is 6.04. The van der Waals surface area contributed by atoms with E-state index in [2.05, 4.69) is 15.9 Å². The number of anilines is 1. The Morgan fingerprint density at radius 1 is 1.14 bits per heavy atom. The predicted molar refractivity (Wildman–Crippen MR) is 144 cm³/mol. The van der Waals surface area contributed by atoms with Crippen LogP contribution in [0, 0.1) is 0 Å². The minimum atomic E-state index is -1.29. The van der Waals surface area contributed by atoms with Crippen molar-refractivity contribution in [3.63, 3.8) is 0 Å². The minimum Gasteiger partial charge on any atom is -0.463 e. The first kappa shape index (κ1) is 23.7. The zero-order valence-corrected chi connectivity index (χ0v) is 21.9. The molecule has 0 N–H and O–H groups in total. The van der Waals surface area contributed by atoms with Crippen LogP contribution in [0.2, 0.25) is 0 Å². The molecule has 0 saturated carbocycles. The number of hydrogen-bond acceptors (Lipinski definition) is 5. The first-order valence-electron chi connectivity index (χ1n) is 12.3. The summed E-state index contributed by atoms with van der Waals surface area (Å²) >= 11 is 3.58. The normalized spacial score (nSPS) is 22.7. The lowest BCUT2D eigenvalue weighted by molar-refractivity contribution is -0.184. The zero-order valence-electron chi connectivity index (χ0n) is 20.3. The van der Waals surface area contributed by atoms with Crippen LogP contribution in [0.15, 0.2) is 95.2 Å². The Hall–Kier alpha value is -3.68. The van der Waals surface area contributed by atoms with Crippen molar-refractivity contribution in [1.82, 2.24) is 4.90 Å². The molecule has 0 radical (unpaired) electrons. The van der Waals surface area contributed by atoms with Gasteiger partial charge in [-0.15, -0.1) is 0 Å².